The van der Waals surface area contributed by atoms with E-state index < -0.39 is 0 Å². The Morgan fingerprint density at radius 1 is 1.24 bits per heavy atom. The van der Waals surface area contributed by atoms with Gasteiger partial charge < -0.3 is 9.47 Å². The van der Waals surface area contributed by atoms with Gasteiger partial charge in [0, 0.05) is 36.3 Å². The summed E-state index contributed by atoms with van der Waals surface area (Å²) in [5.74, 6) is 0.917. The second-order valence-corrected chi connectivity index (χ2v) is 6.34. The molecule has 0 amide bonds. The number of aromatic nitrogens is 1. The zero-order chi connectivity index (χ0) is 14.5. The van der Waals surface area contributed by atoms with E-state index in [2.05, 4.69) is 28.9 Å². The molecule has 112 valence electrons. The van der Waals surface area contributed by atoms with Gasteiger partial charge >= 0.3 is 0 Å². The highest BCUT2D eigenvalue weighted by Gasteiger charge is 2.09. The van der Waals surface area contributed by atoms with Crippen molar-refractivity contribution in [2.45, 2.75) is 6.92 Å². The van der Waals surface area contributed by atoms with Crippen LogP contribution < -0.4 is 4.74 Å². The lowest BCUT2D eigenvalue weighted by Crippen LogP contribution is -2.38. The molecular formula is C16H20N2O2S. The van der Waals surface area contributed by atoms with E-state index in [0.29, 0.717) is 0 Å². The number of thiazole rings is 1. The van der Waals surface area contributed by atoms with Crippen LogP contribution in [0, 0.1) is 6.92 Å². The number of morpholine rings is 1. The number of aryl methyl sites for hydroxylation is 1. The summed E-state index contributed by atoms with van der Waals surface area (Å²) >= 11 is 1.71. The van der Waals surface area contributed by atoms with Gasteiger partial charge in [0.15, 0.2) is 0 Å². The van der Waals surface area contributed by atoms with E-state index >= 15 is 0 Å². The zero-order valence-corrected chi connectivity index (χ0v) is 13.1. The maximum Gasteiger partial charge on any atom is 0.123 e. The van der Waals surface area contributed by atoms with Gasteiger partial charge in [-0.15, -0.1) is 11.3 Å². The molecule has 0 aliphatic carbocycles. The monoisotopic (exact) mass is 304 g/mol. The average molecular weight is 304 g/mol. The van der Waals surface area contributed by atoms with Crippen molar-refractivity contribution in [1.82, 2.24) is 9.88 Å². The van der Waals surface area contributed by atoms with Crippen LogP contribution in [-0.4, -0.2) is 49.3 Å². The van der Waals surface area contributed by atoms with E-state index in [0.717, 1.165) is 55.8 Å². The van der Waals surface area contributed by atoms with Crippen molar-refractivity contribution in [3.05, 3.63) is 35.3 Å². The van der Waals surface area contributed by atoms with Crippen molar-refractivity contribution in [3.8, 4) is 16.3 Å². The van der Waals surface area contributed by atoms with Gasteiger partial charge in [0.05, 0.1) is 13.2 Å². The van der Waals surface area contributed by atoms with E-state index in [4.69, 9.17) is 9.47 Å². The van der Waals surface area contributed by atoms with Crippen LogP contribution in [0.5, 0.6) is 5.75 Å². The smallest absolute Gasteiger partial charge is 0.123 e. The Hall–Kier alpha value is -1.43. The number of hydrogen-bond acceptors (Lipinski definition) is 5. The number of rotatable bonds is 5. The summed E-state index contributed by atoms with van der Waals surface area (Å²) in [4.78, 5) is 8.00. The minimum absolute atomic E-state index is 0.718. The Kier molecular flexibility index (Phi) is 4.85. The second kappa shape index (κ2) is 7.02. The summed E-state index contributed by atoms with van der Waals surface area (Å²) in [5.41, 5.74) is 1.15. The van der Waals surface area contributed by atoms with Crippen molar-refractivity contribution < 1.29 is 9.47 Å². The molecule has 0 spiro atoms. The first-order chi connectivity index (χ1) is 10.3. The first-order valence-electron chi connectivity index (χ1n) is 7.27. The van der Waals surface area contributed by atoms with Crippen LogP contribution in [0.4, 0.5) is 0 Å². The van der Waals surface area contributed by atoms with Crippen LogP contribution in [0.2, 0.25) is 0 Å². The third-order valence-electron chi connectivity index (χ3n) is 3.50. The molecule has 1 aliphatic heterocycles. The van der Waals surface area contributed by atoms with Gasteiger partial charge in [0.2, 0.25) is 0 Å². The summed E-state index contributed by atoms with van der Waals surface area (Å²) in [7, 11) is 0. The predicted octanol–water partition coefficient (Wildman–Crippen LogP) is 2.83. The molecule has 4 nitrogen and oxygen atoms in total. The van der Waals surface area contributed by atoms with E-state index in [1.807, 2.05) is 18.3 Å². The molecule has 2 aromatic rings. The Bertz CT molecular complexity index is 562. The summed E-state index contributed by atoms with van der Waals surface area (Å²) in [6.45, 7) is 7.43. The summed E-state index contributed by atoms with van der Waals surface area (Å²) < 4.78 is 11.1. The maximum atomic E-state index is 5.81. The molecule has 1 aliphatic rings. The van der Waals surface area contributed by atoms with Gasteiger partial charge in [-0.3, -0.25) is 4.90 Å². The quantitative estimate of drug-likeness (QED) is 0.851. The Morgan fingerprint density at radius 3 is 2.67 bits per heavy atom. The van der Waals surface area contributed by atoms with Crippen LogP contribution in [0.25, 0.3) is 10.6 Å². The van der Waals surface area contributed by atoms with Crippen LogP contribution in [-0.2, 0) is 4.74 Å². The SMILES string of the molecule is Cc1cnc(-c2ccc(OCCN3CCOCC3)cc2)s1. The molecule has 2 heterocycles. The Morgan fingerprint density at radius 2 is 2.00 bits per heavy atom. The summed E-state index contributed by atoms with van der Waals surface area (Å²) in [6, 6.07) is 8.18. The largest absolute Gasteiger partial charge is 0.492 e. The number of benzene rings is 1. The van der Waals surface area contributed by atoms with Crippen molar-refractivity contribution in [2.75, 3.05) is 39.5 Å². The minimum Gasteiger partial charge on any atom is -0.492 e. The van der Waals surface area contributed by atoms with Crippen molar-refractivity contribution in [1.29, 1.82) is 0 Å². The molecule has 1 aromatic carbocycles. The van der Waals surface area contributed by atoms with E-state index in [1.165, 1.54) is 4.88 Å². The van der Waals surface area contributed by atoms with Crippen LogP contribution in [0.1, 0.15) is 4.88 Å². The molecule has 1 saturated heterocycles. The predicted molar refractivity (Wildman–Crippen MR) is 85.0 cm³/mol. The van der Waals surface area contributed by atoms with Crippen molar-refractivity contribution in [3.63, 3.8) is 0 Å². The first kappa shape index (κ1) is 14.5. The summed E-state index contributed by atoms with van der Waals surface area (Å²) in [6.07, 6.45) is 1.91. The molecule has 0 unspecified atom stereocenters. The highest BCUT2D eigenvalue weighted by molar-refractivity contribution is 7.14. The maximum absolute atomic E-state index is 5.81. The third-order valence-corrected chi connectivity index (χ3v) is 4.46. The average Bonchev–Trinajstić information content (AvgIpc) is 2.96. The molecule has 1 fully saturated rings. The molecular weight excluding hydrogens is 284 g/mol. The van der Waals surface area contributed by atoms with Gasteiger partial charge in [0.1, 0.15) is 17.4 Å². The normalized spacial score (nSPS) is 16.0. The fourth-order valence-electron chi connectivity index (χ4n) is 2.30. The molecule has 0 N–H and O–H groups in total. The van der Waals surface area contributed by atoms with E-state index in [1.54, 1.807) is 11.3 Å². The lowest BCUT2D eigenvalue weighted by molar-refractivity contribution is 0.0322. The van der Waals surface area contributed by atoms with Crippen molar-refractivity contribution >= 4 is 11.3 Å². The zero-order valence-electron chi connectivity index (χ0n) is 12.2. The molecule has 0 bridgehead atoms. The number of ether oxygens (including phenoxy) is 2. The summed E-state index contributed by atoms with van der Waals surface area (Å²) in [5, 5.41) is 1.06. The Balaban J connectivity index is 1.50. The van der Waals surface area contributed by atoms with Crippen LogP contribution in [0.3, 0.4) is 0 Å². The lowest BCUT2D eigenvalue weighted by atomic mass is 10.2. The molecule has 5 heteroatoms. The molecule has 0 radical (unpaired) electrons. The van der Waals surface area contributed by atoms with Gasteiger partial charge in [-0.1, -0.05) is 0 Å². The van der Waals surface area contributed by atoms with Crippen LogP contribution in [0.15, 0.2) is 30.5 Å². The first-order valence-corrected chi connectivity index (χ1v) is 8.09. The molecule has 3 rings (SSSR count). The van der Waals surface area contributed by atoms with Gasteiger partial charge in [0.25, 0.3) is 0 Å². The molecule has 0 saturated carbocycles. The third kappa shape index (κ3) is 4.03. The fraction of sp³-hybridized carbons (Fsp3) is 0.438. The van der Waals surface area contributed by atoms with Gasteiger partial charge in [-0.25, -0.2) is 4.98 Å². The minimum atomic E-state index is 0.718. The molecule has 1 aromatic heterocycles. The lowest BCUT2D eigenvalue weighted by Gasteiger charge is -2.26. The Labute approximate surface area is 129 Å². The highest BCUT2D eigenvalue weighted by Crippen LogP contribution is 2.26. The van der Waals surface area contributed by atoms with E-state index in [-0.39, 0.29) is 0 Å². The number of hydrogen-bond donors (Lipinski definition) is 0. The molecule has 21 heavy (non-hydrogen) atoms. The standard InChI is InChI=1S/C16H20N2O2S/c1-13-12-17-16(21-13)14-2-4-15(5-3-14)20-11-8-18-6-9-19-10-7-18/h2-5,12H,6-11H2,1H3. The van der Waals surface area contributed by atoms with E-state index in [9.17, 15) is 0 Å². The van der Waals surface area contributed by atoms with Crippen LogP contribution >= 0.6 is 11.3 Å². The topological polar surface area (TPSA) is 34.6 Å². The molecule has 0 atom stereocenters. The van der Waals surface area contributed by atoms with Crippen molar-refractivity contribution in [2.24, 2.45) is 0 Å². The van der Waals surface area contributed by atoms with Gasteiger partial charge in [-0.2, -0.15) is 0 Å². The second-order valence-electron chi connectivity index (χ2n) is 5.10. The highest BCUT2D eigenvalue weighted by atomic mass is 32.1. The van der Waals surface area contributed by atoms with Gasteiger partial charge in [-0.05, 0) is 31.2 Å². The fourth-order valence-corrected chi connectivity index (χ4v) is 3.07. The number of nitrogens with zero attached hydrogens (tertiary/aromatic N) is 2.